The Hall–Kier alpha value is -2.62. The van der Waals surface area contributed by atoms with Crippen LogP contribution in [0.4, 0.5) is 0 Å². The summed E-state index contributed by atoms with van der Waals surface area (Å²) < 4.78 is 0. The molecular weight excluding hydrogens is 300 g/mol. The zero-order valence-electron chi connectivity index (χ0n) is 14.4. The second-order valence-electron chi connectivity index (χ2n) is 6.11. The zero-order chi connectivity index (χ0) is 17.4. The van der Waals surface area contributed by atoms with E-state index in [0.29, 0.717) is 11.5 Å². The normalized spacial score (nSPS) is 12.3. The number of hydrogen-bond acceptors (Lipinski definition) is 3. The number of hydrogen-bond donors (Lipinski definition) is 1. The summed E-state index contributed by atoms with van der Waals surface area (Å²) in [6.07, 6.45) is 2.50. The van der Waals surface area contributed by atoms with Gasteiger partial charge in [-0.05, 0) is 35.6 Å². The van der Waals surface area contributed by atoms with E-state index in [1.54, 1.807) is 18.3 Å². The number of oxime groups is 1. The highest BCUT2D eigenvalue weighted by molar-refractivity contribution is 5.95. The largest absolute Gasteiger partial charge is 0.399 e. The van der Waals surface area contributed by atoms with E-state index in [0.717, 1.165) is 17.5 Å². The van der Waals surface area contributed by atoms with E-state index in [1.165, 1.54) is 7.11 Å². The molecule has 0 fully saturated rings. The van der Waals surface area contributed by atoms with E-state index < -0.39 is 0 Å². The van der Waals surface area contributed by atoms with Crippen LogP contribution in [0.5, 0.6) is 0 Å². The van der Waals surface area contributed by atoms with Crippen LogP contribution in [-0.4, -0.2) is 19.2 Å². The summed E-state index contributed by atoms with van der Waals surface area (Å²) in [4.78, 5) is 17.2. The fraction of sp³-hybridized carbons (Fsp3) is 0.300. The average molecular weight is 324 g/mol. The summed E-state index contributed by atoms with van der Waals surface area (Å²) in [6, 6.07) is 17.4. The van der Waals surface area contributed by atoms with Crippen molar-refractivity contribution in [2.45, 2.75) is 26.3 Å². The van der Waals surface area contributed by atoms with Crippen LogP contribution in [0, 0.1) is 5.92 Å². The lowest BCUT2D eigenvalue weighted by molar-refractivity contribution is 0.0932. The number of nitrogens with one attached hydrogen (secondary N) is 1. The third-order valence-electron chi connectivity index (χ3n) is 3.69. The number of carbonyl (C=O) groups excluding carboxylic acids is 1. The smallest absolute Gasteiger partial charge is 0.251 e. The van der Waals surface area contributed by atoms with Gasteiger partial charge in [0.2, 0.25) is 0 Å². The Morgan fingerprint density at radius 1 is 1.12 bits per heavy atom. The molecule has 0 spiro atoms. The van der Waals surface area contributed by atoms with Crippen molar-refractivity contribution in [2.24, 2.45) is 11.1 Å². The van der Waals surface area contributed by atoms with Crippen molar-refractivity contribution in [3.63, 3.8) is 0 Å². The number of benzene rings is 2. The molecule has 4 heteroatoms. The van der Waals surface area contributed by atoms with Gasteiger partial charge < -0.3 is 10.2 Å². The molecule has 4 nitrogen and oxygen atoms in total. The Balaban J connectivity index is 2.11. The Morgan fingerprint density at radius 3 is 2.38 bits per heavy atom. The van der Waals surface area contributed by atoms with E-state index in [1.807, 2.05) is 30.3 Å². The molecule has 2 rings (SSSR count). The van der Waals surface area contributed by atoms with Crippen LogP contribution in [0.3, 0.4) is 0 Å². The fourth-order valence-corrected chi connectivity index (χ4v) is 2.51. The molecule has 0 radical (unpaired) electrons. The lowest BCUT2D eigenvalue weighted by Gasteiger charge is -2.21. The van der Waals surface area contributed by atoms with Gasteiger partial charge in [0.1, 0.15) is 7.11 Å². The van der Waals surface area contributed by atoms with Gasteiger partial charge in [0, 0.05) is 5.56 Å². The molecule has 1 atom stereocenters. The average Bonchev–Trinajstić information content (AvgIpc) is 2.60. The molecule has 2 aromatic carbocycles. The van der Waals surface area contributed by atoms with Gasteiger partial charge in [-0.2, -0.15) is 0 Å². The van der Waals surface area contributed by atoms with Crippen molar-refractivity contribution in [3.05, 3.63) is 71.3 Å². The fourth-order valence-electron chi connectivity index (χ4n) is 2.51. The van der Waals surface area contributed by atoms with Gasteiger partial charge >= 0.3 is 0 Å². The second kappa shape index (κ2) is 8.87. The lowest BCUT2D eigenvalue weighted by Crippen LogP contribution is -2.29. The molecule has 2 aromatic rings. The first-order valence-electron chi connectivity index (χ1n) is 8.12. The van der Waals surface area contributed by atoms with Crippen LogP contribution < -0.4 is 5.32 Å². The lowest BCUT2D eigenvalue weighted by atomic mass is 9.96. The quantitative estimate of drug-likeness (QED) is 0.613. The maximum atomic E-state index is 12.6. The SMILES string of the molecule is CO/N=C/c1ccc(C(=O)NC(CC(C)C)c2ccccc2)cc1. The van der Waals surface area contributed by atoms with Crippen LogP contribution in [0.25, 0.3) is 0 Å². The van der Waals surface area contributed by atoms with Crippen LogP contribution >= 0.6 is 0 Å². The van der Waals surface area contributed by atoms with Crippen LogP contribution in [0.1, 0.15) is 47.8 Å². The summed E-state index contributed by atoms with van der Waals surface area (Å²) >= 11 is 0. The highest BCUT2D eigenvalue weighted by atomic mass is 16.6. The van der Waals surface area contributed by atoms with Crippen molar-refractivity contribution < 1.29 is 9.63 Å². The van der Waals surface area contributed by atoms with E-state index >= 15 is 0 Å². The molecule has 0 aliphatic carbocycles. The molecule has 0 saturated heterocycles. The molecule has 0 heterocycles. The topological polar surface area (TPSA) is 50.7 Å². The van der Waals surface area contributed by atoms with Gasteiger partial charge in [0.25, 0.3) is 5.91 Å². The van der Waals surface area contributed by atoms with Gasteiger partial charge in [0.15, 0.2) is 0 Å². The molecule has 0 saturated carbocycles. The molecular formula is C20H24N2O2. The van der Waals surface area contributed by atoms with E-state index in [2.05, 4.69) is 41.3 Å². The third kappa shape index (κ3) is 5.23. The van der Waals surface area contributed by atoms with Crippen LogP contribution in [-0.2, 0) is 4.84 Å². The van der Waals surface area contributed by atoms with Gasteiger partial charge in [0.05, 0.1) is 12.3 Å². The Kier molecular flexibility index (Phi) is 6.55. The highest BCUT2D eigenvalue weighted by Crippen LogP contribution is 2.21. The first-order valence-corrected chi connectivity index (χ1v) is 8.12. The van der Waals surface area contributed by atoms with E-state index in [9.17, 15) is 4.79 Å². The van der Waals surface area contributed by atoms with Gasteiger partial charge in [-0.1, -0.05) is 61.5 Å². The summed E-state index contributed by atoms with van der Waals surface area (Å²) in [7, 11) is 1.50. The number of amides is 1. The molecule has 1 unspecified atom stereocenters. The Bertz CT molecular complexity index is 664. The van der Waals surface area contributed by atoms with Crippen molar-refractivity contribution in [2.75, 3.05) is 7.11 Å². The molecule has 0 aliphatic rings. The standard InChI is InChI=1S/C20H24N2O2/c1-15(2)13-19(17-7-5-4-6-8-17)22-20(23)18-11-9-16(10-12-18)14-21-24-3/h4-12,14-15,19H,13H2,1-3H3,(H,22,23)/b21-14+. The zero-order valence-corrected chi connectivity index (χ0v) is 14.4. The van der Waals surface area contributed by atoms with E-state index in [4.69, 9.17) is 0 Å². The highest BCUT2D eigenvalue weighted by Gasteiger charge is 2.16. The minimum atomic E-state index is -0.0697. The van der Waals surface area contributed by atoms with Crippen molar-refractivity contribution >= 4 is 12.1 Å². The maximum Gasteiger partial charge on any atom is 0.251 e. The summed E-state index contributed by atoms with van der Waals surface area (Å²) in [6.45, 7) is 4.32. The van der Waals surface area contributed by atoms with Gasteiger partial charge in [-0.3, -0.25) is 4.79 Å². The predicted octanol–water partition coefficient (Wildman–Crippen LogP) is 4.18. The Morgan fingerprint density at radius 2 is 1.79 bits per heavy atom. The van der Waals surface area contributed by atoms with Crippen LogP contribution in [0.2, 0.25) is 0 Å². The number of nitrogens with zero attached hydrogens (tertiary/aromatic N) is 1. The van der Waals surface area contributed by atoms with Crippen LogP contribution in [0.15, 0.2) is 59.8 Å². The predicted molar refractivity (Wildman–Crippen MR) is 97.1 cm³/mol. The first kappa shape index (κ1) is 17.7. The third-order valence-corrected chi connectivity index (χ3v) is 3.69. The monoisotopic (exact) mass is 324 g/mol. The summed E-state index contributed by atoms with van der Waals surface area (Å²) in [5.74, 6) is 0.419. The number of carbonyl (C=O) groups is 1. The van der Waals surface area contributed by atoms with E-state index in [-0.39, 0.29) is 11.9 Å². The summed E-state index contributed by atoms with van der Waals surface area (Å²) in [5, 5.41) is 6.86. The molecule has 126 valence electrons. The molecule has 0 aromatic heterocycles. The van der Waals surface area contributed by atoms with Gasteiger partial charge in [-0.25, -0.2) is 0 Å². The first-order chi connectivity index (χ1) is 11.6. The maximum absolute atomic E-state index is 12.6. The molecule has 1 amide bonds. The molecule has 0 bridgehead atoms. The molecule has 0 aliphatic heterocycles. The Labute approximate surface area is 143 Å². The molecule has 24 heavy (non-hydrogen) atoms. The van der Waals surface area contributed by atoms with Crippen molar-refractivity contribution in [3.8, 4) is 0 Å². The molecule has 1 N–H and O–H groups in total. The second-order valence-corrected chi connectivity index (χ2v) is 6.11. The van der Waals surface area contributed by atoms with Gasteiger partial charge in [-0.15, -0.1) is 0 Å². The minimum Gasteiger partial charge on any atom is -0.399 e. The number of rotatable bonds is 7. The summed E-state index contributed by atoms with van der Waals surface area (Å²) in [5.41, 5.74) is 2.65. The van der Waals surface area contributed by atoms with Crippen molar-refractivity contribution in [1.82, 2.24) is 5.32 Å². The van der Waals surface area contributed by atoms with Crippen molar-refractivity contribution in [1.29, 1.82) is 0 Å². The minimum absolute atomic E-state index is 0.00781.